The van der Waals surface area contributed by atoms with Crippen molar-refractivity contribution in [1.29, 1.82) is 0 Å². The molecule has 4 saturated carbocycles. The molecule has 5 fully saturated rings. The second-order valence-electron chi connectivity index (χ2n) is 17.6. The van der Waals surface area contributed by atoms with Gasteiger partial charge in [0, 0.05) is 31.5 Å². The van der Waals surface area contributed by atoms with Crippen LogP contribution >= 0.6 is 0 Å². The lowest BCUT2D eigenvalue weighted by atomic mass is 9.86. The van der Waals surface area contributed by atoms with Gasteiger partial charge in [0.05, 0.1) is 48.3 Å². The fourth-order valence-electron chi connectivity index (χ4n) is 10.3. The van der Waals surface area contributed by atoms with Crippen LogP contribution in [0.5, 0.6) is 11.6 Å². The molecule has 7 atom stereocenters. The molecule has 4 aliphatic carbocycles. The molecule has 2 aliphatic heterocycles. The van der Waals surface area contributed by atoms with Crippen molar-refractivity contribution in [2.45, 2.75) is 140 Å². The van der Waals surface area contributed by atoms with Crippen LogP contribution in [0.1, 0.15) is 115 Å². The van der Waals surface area contributed by atoms with Crippen molar-refractivity contribution in [2.24, 2.45) is 29.1 Å². The van der Waals surface area contributed by atoms with Crippen molar-refractivity contribution in [3.63, 3.8) is 0 Å². The van der Waals surface area contributed by atoms with Crippen LogP contribution in [0.4, 0.5) is 0 Å². The third kappa shape index (κ3) is 8.16. The van der Waals surface area contributed by atoms with Gasteiger partial charge in [0.1, 0.15) is 23.6 Å². The van der Waals surface area contributed by atoms with Crippen molar-refractivity contribution in [3.8, 4) is 11.6 Å². The Bertz CT molecular complexity index is 2140. The molecule has 314 valence electrons. The van der Waals surface area contributed by atoms with Crippen LogP contribution in [-0.4, -0.2) is 83.4 Å². The van der Waals surface area contributed by atoms with Gasteiger partial charge in [-0.05, 0) is 88.0 Å². The molecule has 0 aromatic carbocycles. The van der Waals surface area contributed by atoms with E-state index in [0.29, 0.717) is 42.6 Å². The first-order chi connectivity index (χ1) is 27.9. The lowest BCUT2D eigenvalue weighted by molar-refractivity contribution is -0.156. The van der Waals surface area contributed by atoms with E-state index in [9.17, 15) is 32.4 Å². The van der Waals surface area contributed by atoms with Gasteiger partial charge in [-0.15, -0.1) is 0 Å². The van der Waals surface area contributed by atoms with Crippen molar-refractivity contribution in [3.05, 3.63) is 46.4 Å². The Balaban J connectivity index is 1.15. The van der Waals surface area contributed by atoms with Crippen LogP contribution in [0.15, 0.2) is 35.3 Å². The first kappa shape index (κ1) is 40.5. The minimum Gasteiger partial charge on any atom is -0.497 e. The predicted octanol–water partition coefficient (Wildman–Crippen LogP) is 4.84. The highest BCUT2D eigenvalue weighted by Gasteiger charge is 2.62. The number of nitrogens with one attached hydrogen (secondary N) is 1. The molecule has 2 aromatic rings. The largest absolute Gasteiger partial charge is 0.497 e. The molecule has 58 heavy (non-hydrogen) atoms. The second-order valence-corrected chi connectivity index (χ2v) is 19.5. The number of rotatable bonds is 9. The van der Waals surface area contributed by atoms with E-state index in [-0.39, 0.29) is 79.2 Å². The van der Waals surface area contributed by atoms with Gasteiger partial charge in [-0.2, -0.15) is 4.98 Å². The molecule has 0 radical (unpaired) electrons. The van der Waals surface area contributed by atoms with E-state index in [4.69, 9.17) is 19.2 Å². The Morgan fingerprint density at radius 1 is 1.00 bits per heavy atom. The number of nitrogens with zero attached hydrogens (tertiary/aromatic N) is 3. The van der Waals surface area contributed by atoms with Gasteiger partial charge in [-0.3, -0.25) is 33.1 Å². The Kier molecular flexibility index (Phi) is 11.5. The third-order valence-electron chi connectivity index (χ3n) is 13.9. The van der Waals surface area contributed by atoms with Crippen molar-refractivity contribution in [2.75, 3.05) is 13.7 Å². The Morgan fingerprint density at radius 3 is 2.50 bits per heavy atom. The topological polar surface area (TPSA) is 180 Å². The van der Waals surface area contributed by atoms with Crippen LogP contribution in [0.25, 0.3) is 5.65 Å². The summed E-state index contributed by atoms with van der Waals surface area (Å²) < 4.78 is 47.6. The monoisotopic (exact) mass is 820 g/mol. The number of carbonyl (C=O) groups excluding carboxylic acids is 4. The van der Waals surface area contributed by atoms with E-state index in [1.165, 1.54) is 16.4 Å². The summed E-state index contributed by atoms with van der Waals surface area (Å²) in [6.45, 7) is 1.91. The Hall–Kier alpha value is -4.27. The van der Waals surface area contributed by atoms with Gasteiger partial charge in [0.25, 0.3) is 5.56 Å². The zero-order valence-corrected chi connectivity index (χ0v) is 34.4. The number of amides is 2. The average molecular weight is 821 g/mol. The van der Waals surface area contributed by atoms with Gasteiger partial charge in [-0.1, -0.05) is 38.3 Å². The van der Waals surface area contributed by atoms with E-state index in [1.807, 2.05) is 19.1 Å². The van der Waals surface area contributed by atoms with Crippen LogP contribution in [0, 0.1) is 29.1 Å². The molecule has 15 heteroatoms. The summed E-state index contributed by atoms with van der Waals surface area (Å²) in [7, 11) is -2.32. The third-order valence-corrected chi connectivity index (χ3v) is 15.7. The standard InChI is InChI=1S/C43H56N4O10S/c1-3-28-23-43(28,42(52)45-58(53,54)31-16-17-31)24-35(48)34-20-30-25-47(34)41(51)33(26-10-7-8-11-26)22-38(49)57-36-15-9-13-27(36)12-5-4-6-14-32-39(56-30)44-37-21-29(55-2)18-19-46(37)40(32)50/h4,6,18-19,21,26-28,30-31,33-34,36H,3,5,7-17,20,22-25H2,1-2H3,(H,45,52)/b6-4+/t27-,28-,30-,33+,34+,36-,43-/m1/s1. The number of sulfonamides is 1. The van der Waals surface area contributed by atoms with E-state index in [0.717, 1.165) is 57.8 Å². The highest BCUT2D eigenvalue weighted by Crippen LogP contribution is 2.58. The minimum absolute atomic E-state index is 0.000884. The predicted molar refractivity (Wildman–Crippen MR) is 212 cm³/mol. The number of aromatic nitrogens is 2. The number of allylic oxidation sites excluding steroid dienone is 2. The van der Waals surface area contributed by atoms with E-state index in [1.54, 1.807) is 18.3 Å². The smallest absolute Gasteiger partial charge is 0.306 e. The second kappa shape index (κ2) is 16.4. The molecule has 2 aromatic heterocycles. The Labute approximate surface area is 339 Å². The number of ether oxygens (including phenoxy) is 3. The van der Waals surface area contributed by atoms with E-state index < -0.39 is 50.6 Å². The first-order valence-electron chi connectivity index (χ1n) is 21.4. The number of esters is 1. The summed E-state index contributed by atoms with van der Waals surface area (Å²) >= 11 is 0. The van der Waals surface area contributed by atoms with E-state index >= 15 is 0 Å². The minimum atomic E-state index is -3.84. The first-order valence-corrected chi connectivity index (χ1v) is 22.9. The Morgan fingerprint density at radius 2 is 1.78 bits per heavy atom. The highest BCUT2D eigenvalue weighted by atomic mass is 32.2. The molecule has 14 nitrogen and oxygen atoms in total. The molecule has 4 heterocycles. The molecule has 2 amide bonds. The SMILES string of the molecule is CC[C@@H]1C[C@]1(CC(=O)[C@@H]1C[C@@H]2CN1C(=O)[C@H](C1CCCC1)CC(=O)O[C@@H]1CCC[C@H]1CC/C=C/Cc1c(nc3cc(OC)ccn3c1=O)O2)C(=O)NS(=O)(=O)C1CC1. The van der Waals surface area contributed by atoms with Crippen molar-refractivity contribution in [1.82, 2.24) is 19.0 Å². The molecular weight excluding hydrogens is 765 g/mol. The lowest BCUT2D eigenvalue weighted by Crippen LogP contribution is -2.47. The summed E-state index contributed by atoms with van der Waals surface area (Å²) in [4.78, 5) is 77.5. The van der Waals surface area contributed by atoms with Gasteiger partial charge >= 0.3 is 5.97 Å². The maximum atomic E-state index is 15.0. The molecule has 0 unspecified atom stereocenters. The van der Waals surface area contributed by atoms with E-state index in [2.05, 4.69) is 4.72 Å². The zero-order chi connectivity index (χ0) is 40.8. The number of carbonyl (C=O) groups is 4. The number of pyridine rings is 1. The summed E-state index contributed by atoms with van der Waals surface area (Å²) in [5, 5.41) is -0.598. The number of Topliss-reactive ketones (excluding diaryl/α,β-unsaturated/α-hetero) is 1. The molecule has 1 saturated heterocycles. The molecular formula is C43H56N4O10S. The van der Waals surface area contributed by atoms with Crippen LogP contribution in [0.2, 0.25) is 0 Å². The molecule has 2 bridgehead atoms. The molecule has 6 aliphatic rings. The zero-order valence-electron chi connectivity index (χ0n) is 33.6. The lowest BCUT2D eigenvalue weighted by Gasteiger charge is -2.31. The normalized spacial score (nSPS) is 31.4. The van der Waals surface area contributed by atoms with Gasteiger partial charge in [0.2, 0.25) is 27.7 Å². The van der Waals surface area contributed by atoms with Gasteiger partial charge < -0.3 is 19.1 Å². The van der Waals surface area contributed by atoms with Crippen molar-refractivity contribution < 1.29 is 41.8 Å². The molecule has 1 N–H and O–H groups in total. The fraction of sp³-hybridized carbons (Fsp3) is 0.674. The van der Waals surface area contributed by atoms with Crippen molar-refractivity contribution >= 4 is 39.2 Å². The average Bonchev–Trinajstić information content (AvgIpc) is 3.99. The maximum Gasteiger partial charge on any atom is 0.306 e. The molecule has 8 rings (SSSR count). The highest BCUT2D eigenvalue weighted by molar-refractivity contribution is 7.90. The maximum absolute atomic E-state index is 15.0. The summed E-state index contributed by atoms with van der Waals surface area (Å²) in [5.41, 5.74) is -0.862. The number of ketones is 1. The molecule has 0 spiro atoms. The number of hydrogen-bond acceptors (Lipinski definition) is 11. The van der Waals surface area contributed by atoms with Crippen LogP contribution < -0.4 is 19.8 Å². The summed E-state index contributed by atoms with van der Waals surface area (Å²) in [6, 6.07) is 2.31. The fourth-order valence-corrected chi connectivity index (χ4v) is 11.7. The van der Waals surface area contributed by atoms with Gasteiger partial charge in [-0.25, -0.2) is 8.42 Å². The summed E-state index contributed by atoms with van der Waals surface area (Å²) in [6.07, 6.45) is 14.2. The van der Waals surface area contributed by atoms with Crippen LogP contribution in [0.3, 0.4) is 0 Å². The van der Waals surface area contributed by atoms with Crippen LogP contribution in [-0.2, 0) is 40.4 Å². The number of methoxy groups -OCH3 is 1. The summed E-state index contributed by atoms with van der Waals surface area (Å²) in [5.74, 6) is -1.90. The van der Waals surface area contributed by atoms with Gasteiger partial charge in [0.15, 0.2) is 5.78 Å². The number of hydrogen-bond donors (Lipinski definition) is 1. The quantitative estimate of drug-likeness (QED) is 0.270. The number of fused-ring (bicyclic) bond motifs is 5.